The second kappa shape index (κ2) is 5.15. The summed E-state index contributed by atoms with van der Waals surface area (Å²) in [7, 11) is 0. The van der Waals surface area contributed by atoms with Crippen LogP contribution >= 0.6 is 39.7 Å². The van der Waals surface area contributed by atoms with Crippen LogP contribution in [0.2, 0.25) is 5.02 Å². The third-order valence-electron chi connectivity index (χ3n) is 2.94. The van der Waals surface area contributed by atoms with E-state index in [-0.39, 0.29) is 25.5 Å². The van der Waals surface area contributed by atoms with E-state index in [0.717, 1.165) is 12.1 Å². The molecule has 3 aromatic rings. The molecule has 1 N–H and O–H groups in total. The van der Waals surface area contributed by atoms with E-state index in [4.69, 9.17) is 23.8 Å². The van der Waals surface area contributed by atoms with Crippen LogP contribution in [0.25, 0.3) is 16.7 Å². The predicted molar refractivity (Wildman–Crippen MR) is 81.0 cm³/mol. The molecule has 2 aromatic carbocycles. The summed E-state index contributed by atoms with van der Waals surface area (Å²) in [4.78, 5) is 2.76. The first-order valence-electron chi connectivity index (χ1n) is 5.64. The number of imidazole rings is 1. The van der Waals surface area contributed by atoms with Gasteiger partial charge in [-0.1, -0.05) is 11.6 Å². The number of aromatic nitrogens is 2. The van der Waals surface area contributed by atoms with E-state index in [1.807, 2.05) is 0 Å². The molecule has 3 rings (SSSR count). The molecular formula is C13H5BrClF3N2S. The summed E-state index contributed by atoms with van der Waals surface area (Å²) in [6.07, 6.45) is 0. The Kier molecular flexibility index (Phi) is 3.59. The van der Waals surface area contributed by atoms with Crippen LogP contribution < -0.4 is 0 Å². The molecular weight excluding hydrogens is 389 g/mol. The van der Waals surface area contributed by atoms with Gasteiger partial charge in [0.05, 0.1) is 16.2 Å². The Labute approximate surface area is 135 Å². The number of benzene rings is 2. The standard InChI is InChI=1S/C13H5BrClF3N2S/c14-6-3-5(16)4-7(15)11(6)20-12-9(19-13(20)21)2-1-8(17)10(12)18/h1-4H,(H,19,21). The highest BCUT2D eigenvalue weighted by molar-refractivity contribution is 9.10. The molecule has 108 valence electrons. The molecule has 8 heteroatoms. The number of nitrogens with zero attached hydrogens (tertiary/aromatic N) is 1. The summed E-state index contributed by atoms with van der Waals surface area (Å²) in [5.74, 6) is -2.64. The van der Waals surface area contributed by atoms with Gasteiger partial charge in [0.25, 0.3) is 0 Å². The Hall–Kier alpha value is -1.31. The minimum atomic E-state index is -1.06. The van der Waals surface area contributed by atoms with E-state index in [1.54, 1.807) is 0 Å². The number of fused-ring (bicyclic) bond motifs is 1. The van der Waals surface area contributed by atoms with Crippen molar-refractivity contribution in [3.05, 3.63) is 56.0 Å². The van der Waals surface area contributed by atoms with Crippen molar-refractivity contribution in [2.24, 2.45) is 0 Å². The van der Waals surface area contributed by atoms with Gasteiger partial charge >= 0.3 is 0 Å². The molecule has 0 unspecified atom stereocenters. The van der Waals surface area contributed by atoms with Crippen LogP contribution in [0.5, 0.6) is 0 Å². The van der Waals surface area contributed by atoms with Gasteiger partial charge in [-0.15, -0.1) is 0 Å². The SMILES string of the molecule is Fc1cc(Cl)c(-n2c(=S)[nH]c3ccc(F)c(F)c32)c(Br)c1. The van der Waals surface area contributed by atoms with Gasteiger partial charge in [-0.3, -0.25) is 4.57 Å². The summed E-state index contributed by atoms with van der Waals surface area (Å²) in [5, 5.41) is 0.0162. The minimum absolute atomic E-state index is 0.0162. The zero-order valence-corrected chi connectivity index (χ0v) is 13.2. The highest BCUT2D eigenvalue weighted by atomic mass is 79.9. The molecule has 0 fully saturated rings. The smallest absolute Gasteiger partial charge is 0.184 e. The lowest BCUT2D eigenvalue weighted by atomic mass is 10.2. The van der Waals surface area contributed by atoms with E-state index in [0.29, 0.717) is 5.52 Å². The Morgan fingerprint density at radius 3 is 2.57 bits per heavy atom. The fourth-order valence-electron chi connectivity index (χ4n) is 2.09. The molecule has 1 heterocycles. The zero-order chi connectivity index (χ0) is 15.3. The number of rotatable bonds is 1. The second-order valence-corrected chi connectivity index (χ2v) is 5.89. The first kappa shape index (κ1) is 14.6. The molecule has 0 aliphatic heterocycles. The van der Waals surface area contributed by atoms with Crippen LogP contribution in [-0.4, -0.2) is 9.55 Å². The second-order valence-electron chi connectivity index (χ2n) is 4.24. The average Bonchev–Trinajstić information content (AvgIpc) is 2.71. The number of halogens is 5. The number of hydrogen-bond acceptors (Lipinski definition) is 1. The Morgan fingerprint density at radius 1 is 1.19 bits per heavy atom. The van der Waals surface area contributed by atoms with Gasteiger partial charge in [-0.05, 0) is 52.4 Å². The monoisotopic (exact) mass is 392 g/mol. The van der Waals surface area contributed by atoms with E-state index >= 15 is 0 Å². The minimum Gasteiger partial charge on any atom is -0.330 e. The van der Waals surface area contributed by atoms with Crippen molar-refractivity contribution in [1.29, 1.82) is 0 Å². The van der Waals surface area contributed by atoms with Gasteiger partial charge < -0.3 is 4.98 Å². The lowest BCUT2D eigenvalue weighted by Crippen LogP contribution is -2.00. The lowest BCUT2D eigenvalue weighted by Gasteiger charge is -2.10. The van der Waals surface area contributed by atoms with Crippen LogP contribution in [0.4, 0.5) is 13.2 Å². The van der Waals surface area contributed by atoms with Gasteiger partial charge in [0.15, 0.2) is 16.4 Å². The summed E-state index contributed by atoms with van der Waals surface area (Å²) in [6, 6.07) is 4.60. The van der Waals surface area contributed by atoms with Crippen molar-refractivity contribution >= 4 is 50.8 Å². The highest BCUT2D eigenvalue weighted by Gasteiger charge is 2.19. The molecule has 0 aliphatic carbocycles. The van der Waals surface area contributed by atoms with Gasteiger partial charge in [-0.2, -0.15) is 0 Å². The number of hydrogen-bond donors (Lipinski definition) is 1. The van der Waals surface area contributed by atoms with E-state index < -0.39 is 17.5 Å². The average molecular weight is 394 g/mol. The molecule has 2 nitrogen and oxygen atoms in total. The van der Waals surface area contributed by atoms with Crippen molar-refractivity contribution in [1.82, 2.24) is 9.55 Å². The first-order chi connectivity index (χ1) is 9.90. The summed E-state index contributed by atoms with van der Waals surface area (Å²) < 4.78 is 42.5. The number of H-pyrrole nitrogens is 1. The van der Waals surface area contributed by atoms with Gasteiger partial charge in [-0.25, -0.2) is 13.2 Å². The summed E-state index contributed by atoms with van der Waals surface area (Å²) in [5.41, 5.74) is 0.458. The third-order valence-corrected chi connectivity index (χ3v) is 4.12. The Bertz CT molecular complexity index is 912. The van der Waals surface area contributed by atoms with E-state index in [9.17, 15) is 13.2 Å². The maximum absolute atomic E-state index is 14.1. The van der Waals surface area contributed by atoms with Crippen molar-refractivity contribution in [3.63, 3.8) is 0 Å². The topological polar surface area (TPSA) is 20.7 Å². The maximum atomic E-state index is 14.1. The quantitative estimate of drug-likeness (QED) is 0.540. The Balaban J connectivity index is 2.49. The molecule has 0 saturated heterocycles. The fourth-order valence-corrected chi connectivity index (χ4v) is 3.40. The third kappa shape index (κ3) is 2.29. The van der Waals surface area contributed by atoms with Gasteiger partial charge in [0.1, 0.15) is 11.3 Å². The van der Waals surface area contributed by atoms with Crippen molar-refractivity contribution in [2.45, 2.75) is 0 Å². The van der Waals surface area contributed by atoms with Crippen LogP contribution in [0, 0.1) is 22.2 Å². The largest absolute Gasteiger partial charge is 0.330 e. The van der Waals surface area contributed by atoms with Crippen molar-refractivity contribution in [3.8, 4) is 5.69 Å². The van der Waals surface area contributed by atoms with Gasteiger partial charge in [0, 0.05) is 4.47 Å². The molecule has 0 radical (unpaired) electrons. The lowest BCUT2D eigenvalue weighted by molar-refractivity contribution is 0.514. The van der Waals surface area contributed by atoms with E-state index in [2.05, 4.69) is 20.9 Å². The van der Waals surface area contributed by atoms with Crippen LogP contribution in [0.1, 0.15) is 0 Å². The molecule has 1 aromatic heterocycles. The summed E-state index contributed by atoms with van der Waals surface area (Å²) in [6.45, 7) is 0. The molecule has 0 amide bonds. The molecule has 21 heavy (non-hydrogen) atoms. The number of nitrogens with one attached hydrogen (secondary N) is 1. The van der Waals surface area contributed by atoms with Crippen LogP contribution in [0.15, 0.2) is 28.7 Å². The Morgan fingerprint density at radius 2 is 1.90 bits per heavy atom. The fraction of sp³-hybridized carbons (Fsp3) is 0. The molecule has 0 aliphatic rings. The molecule has 0 bridgehead atoms. The zero-order valence-electron chi connectivity index (χ0n) is 10.1. The maximum Gasteiger partial charge on any atom is 0.184 e. The van der Waals surface area contributed by atoms with Crippen LogP contribution in [-0.2, 0) is 0 Å². The van der Waals surface area contributed by atoms with Gasteiger partial charge in [0.2, 0.25) is 0 Å². The number of aromatic amines is 1. The molecule has 0 saturated carbocycles. The molecule has 0 spiro atoms. The van der Waals surface area contributed by atoms with E-state index in [1.165, 1.54) is 16.7 Å². The molecule has 0 atom stereocenters. The first-order valence-corrected chi connectivity index (χ1v) is 7.21. The van der Waals surface area contributed by atoms with Crippen molar-refractivity contribution < 1.29 is 13.2 Å². The van der Waals surface area contributed by atoms with Crippen molar-refractivity contribution in [2.75, 3.05) is 0 Å². The highest BCUT2D eigenvalue weighted by Crippen LogP contribution is 2.34. The normalized spacial score (nSPS) is 11.3. The predicted octanol–water partition coefficient (Wildman–Crippen LogP) is 5.52. The van der Waals surface area contributed by atoms with Crippen LogP contribution in [0.3, 0.4) is 0 Å². The summed E-state index contributed by atoms with van der Waals surface area (Å²) >= 11 is 14.3.